The van der Waals surface area contributed by atoms with E-state index < -0.39 is 29.1 Å². The number of hydrogen-bond donors (Lipinski definition) is 2. The van der Waals surface area contributed by atoms with Gasteiger partial charge in [-0.2, -0.15) is 0 Å². The average Bonchev–Trinajstić information content (AvgIpc) is 2.00. The Kier molecular flexibility index (Phi) is 2.07. The number of pyridine rings is 1. The second kappa shape index (κ2) is 2.88. The number of alkyl halides is 2. The lowest BCUT2D eigenvalue weighted by atomic mass is 10.2. The van der Waals surface area contributed by atoms with Crippen molar-refractivity contribution in [2.75, 3.05) is 0 Å². The van der Waals surface area contributed by atoms with Gasteiger partial charge >= 0.3 is 0 Å². The van der Waals surface area contributed by atoms with Crippen molar-refractivity contribution in [1.82, 2.24) is 4.98 Å². The van der Waals surface area contributed by atoms with Crippen molar-refractivity contribution >= 4 is 0 Å². The van der Waals surface area contributed by atoms with E-state index in [0.29, 0.717) is 6.20 Å². The summed E-state index contributed by atoms with van der Waals surface area (Å²) in [5, 5.41) is 8.58. The molecule has 0 aromatic carbocycles. The van der Waals surface area contributed by atoms with Crippen LogP contribution in [0.15, 0.2) is 11.0 Å². The molecule has 0 radical (unpaired) electrons. The summed E-state index contributed by atoms with van der Waals surface area (Å²) in [5.74, 6) is -2.89. The molecule has 1 heterocycles. The standard InChI is InChI=1S/C6H4F3NO2/c7-3-2(5(8)9)1-10-6(12)4(3)11/h1,5,11H,(H,10,12). The molecule has 1 rings (SSSR count). The molecule has 1 aromatic rings. The first-order valence-electron chi connectivity index (χ1n) is 2.92. The van der Waals surface area contributed by atoms with E-state index in [1.54, 1.807) is 4.98 Å². The Balaban J connectivity index is 3.36. The van der Waals surface area contributed by atoms with Crippen LogP contribution in [-0.4, -0.2) is 10.1 Å². The Bertz CT molecular complexity index is 347. The van der Waals surface area contributed by atoms with E-state index in [1.807, 2.05) is 0 Å². The van der Waals surface area contributed by atoms with Crippen molar-refractivity contribution in [2.24, 2.45) is 0 Å². The van der Waals surface area contributed by atoms with Crippen LogP contribution in [0.3, 0.4) is 0 Å². The van der Waals surface area contributed by atoms with Gasteiger partial charge < -0.3 is 10.1 Å². The highest BCUT2D eigenvalue weighted by Gasteiger charge is 2.18. The number of hydrogen-bond acceptors (Lipinski definition) is 2. The van der Waals surface area contributed by atoms with Crippen molar-refractivity contribution in [3.8, 4) is 5.75 Å². The second-order valence-electron chi connectivity index (χ2n) is 2.04. The van der Waals surface area contributed by atoms with Crippen LogP contribution in [0.25, 0.3) is 0 Å². The van der Waals surface area contributed by atoms with Gasteiger partial charge in [0.1, 0.15) is 0 Å². The maximum atomic E-state index is 12.6. The van der Waals surface area contributed by atoms with E-state index in [9.17, 15) is 18.0 Å². The van der Waals surface area contributed by atoms with Crippen LogP contribution in [0.1, 0.15) is 12.0 Å². The largest absolute Gasteiger partial charge is 0.501 e. The first-order valence-corrected chi connectivity index (χ1v) is 2.92. The lowest BCUT2D eigenvalue weighted by molar-refractivity contribution is 0.144. The fourth-order valence-corrected chi connectivity index (χ4v) is 0.670. The molecular weight excluding hydrogens is 175 g/mol. The number of rotatable bonds is 1. The summed E-state index contributed by atoms with van der Waals surface area (Å²) in [6, 6.07) is 0. The van der Waals surface area contributed by atoms with Gasteiger partial charge in [0.25, 0.3) is 12.0 Å². The number of aromatic hydroxyl groups is 1. The summed E-state index contributed by atoms with van der Waals surface area (Å²) in [5.41, 5.74) is -2.15. The minimum atomic E-state index is -3.06. The Morgan fingerprint density at radius 3 is 2.58 bits per heavy atom. The van der Waals surface area contributed by atoms with Crippen LogP contribution in [0.2, 0.25) is 0 Å². The van der Waals surface area contributed by atoms with Crippen LogP contribution >= 0.6 is 0 Å². The highest BCUT2D eigenvalue weighted by molar-refractivity contribution is 5.25. The van der Waals surface area contributed by atoms with Gasteiger partial charge in [-0.3, -0.25) is 4.79 Å². The number of nitrogens with one attached hydrogen (secondary N) is 1. The normalized spacial score (nSPS) is 10.7. The molecule has 0 amide bonds. The summed E-state index contributed by atoms with van der Waals surface area (Å²) in [6.07, 6.45) is -2.53. The first kappa shape index (κ1) is 8.63. The molecule has 3 nitrogen and oxygen atoms in total. The maximum Gasteiger partial charge on any atom is 0.293 e. The molecule has 0 bridgehead atoms. The smallest absolute Gasteiger partial charge is 0.293 e. The Morgan fingerprint density at radius 1 is 1.50 bits per heavy atom. The molecule has 0 aliphatic rings. The number of aromatic nitrogens is 1. The topological polar surface area (TPSA) is 53.1 Å². The molecule has 0 spiro atoms. The lowest BCUT2D eigenvalue weighted by Crippen LogP contribution is -2.08. The average molecular weight is 179 g/mol. The highest BCUT2D eigenvalue weighted by Crippen LogP contribution is 2.23. The van der Waals surface area contributed by atoms with Crippen molar-refractivity contribution < 1.29 is 18.3 Å². The van der Waals surface area contributed by atoms with Gasteiger partial charge in [0.2, 0.25) is 5.75 Å². The molecule has 0 fully saturated rings. The summed E-state index contributed by atoms with van der Waals surface area (Å²) >= 11 is 0. The third kappa shape index (κ3) is 1.27. The summed E-state index contributed by atoms with van der Waals surface area (Å²) < 4.78 is 36.3. The van der Waals surface area contributed by atoms with Crippen molar-refractivity contribution in [3.63, 3.8) is 0 Å². The van der Waals surface area contributed by atoms with Crippen LogP contribution in [-0.2, 0) is 0 Å². The fraction of sp³-hybridized carbons (Fsp3) is 0.167. The number of halogens is 3. The van der Waals surface area contributed by atoms with E-state index in [-0.39, 0.29) is 0 Å². The van der Waals surface area contributed by atoms with Crippen molar-refractivity contribution in [3.05, 3.63) is 27.9 Å². The van der Waals surface area contributed by atoms with E-state index >= 15 is 0 Å². The Morgan fingerprint density at radius 2 is 2.08 bits per heavy atom. The van der Waals surface area contributed by atoms with E-state index in [4.69, 9.17) is 5.11 Å². The summed E-state index contributed by atoms with van der Waals surface area (Å²) in [4.78, 5) is 12.2. The molecule has 0 saturated heterocycles. The number of aromatic amines is 1. The van der Waals surface area contributed by atoms with Gasteiger partial charge in [-0.1, -0.05) is 0 Å². The predicted molar refractivity (Wildman–Crippen MR) is 33.6 cm³/mol. The molecule has 6 heteroatoms. The minimum Gasteiger partial charge on any atom is -0.501 e. The first-order chi connectivity index (χ1) is 5.54. The zero-order valence-corrected chi connectivity index (χ0v) is 5.64. The third-order valence-corrected chi connectivity index (χ3v) is 1.27. The van der Waals surface area contributed by atoms with Crippen molar-refractivity contribution in [1.29, 1.82) is 0 Å². The number of H-pyrrole nitrogens is 1. The Labute approximate surface area is 64.5 Å². The lowest BCUT2D eigenvalue weighted by Gasteiger charge is -2.00. The van der Waals surface area contributed by atoms with Gasteiger partial charge in [-0.15, -0.1) is 0 Å². The van der Waals surface area contributed by atoms with Gasteiger partial charge in [0, 0.05) is 6.20 Å². The molecule has 0 unspecified atom stereocenters. The summed E-state index contributed by atoms with van der Waals surface area (Å²) in [6.45, 7) is 0. The van der Waals surface area contributed by atoms with E-state index in [1.165, 1.54) is 0 Å². The molecule has 0 aliphatic heterocycles. The van der Waals surface area contributed by atoms with Gasteiger partial charge in [-0.25, -0.2) is 13.2 Å². The van der Waals surface area contributed by atoms with Crippen LogP contribution in [0.4, 0.5) is 13.2 Å². The Hall–Kier alpha value is -1.46. The SMILES string of the molecule is O=c1[nH]cc(C(F)F)c(F)c1O. The molecule has 12 heavy (non-hydrogen) atoms. The molecule has 0 saturated carbocycles. The summed E-state index contributed by atoms with van der Waals surface area (Å²) in [7, 11) is 0. The molecular formula is C6H4F3NO2. The molecule has 0 atom stereocenters. The quantitative estimate of drug-likeness (QED) is 0.679. The van der Waals surface area contributed by atoms with Crippen LogP contribution < -0.4 is 5.56 Å². The second-order valence-corrected chi connectivity index (χ2v) is 2.04. The van der Waals surface area contributed by atoms with E-state index in [2.05, 4.69) is 0 Å². The third-order valence-electron chi connectivity index (χ3n) is 1.27. The van der Waals surface area contributed by atoms with Crippen LogP contribution in [0.5, 0.6) is 5.75 Å². The van der Waals surface area contributed by atoms with Crippen molar-refractivity contribution in [2.45, 2.75) is 6.43 Å². The molecule has 1 aromatic heterocycles. The van der Waals surface area contributed by atoms with Gasteiger partial charge in [0.15, 0.2) is 5.82 Å². The zero-order chi connectivity index (χ0) is 9.30. The zero-order valence-electron chi connectivity index (χ0n) is 5.64. The van der Waals surface area contributed by atoms with Gasteiger partial charge in [0.05, 0.1) is 5.56 Å². The maximum absolute atomic E-state index is 12.6. The molecule has 66 valence electrons. The predicted octanol–water partition coefficient (Wildman–Crippen LogP) is 1.16. The van der Waals surface area contributed by atoms with Gasteiger partial charge in [-0.05, 0) is 0 Å². The monoisotopic (exact) mass is 179 g/mol. The minimum absolute atomic E-state index is 0.530. The molecule has 2 N–H and O–H groups in total. The van der Waals surface area contributed by atoms with E-state index in [0.717, 1.165) is 0 Å². The fourth-order valence-electron chi connectivity index (χ4n) is 0.670. The van der Waals surface area contributed by atoms with Crippen LogP contribution in [0, 0.1) is 5.82 Å². The highest BCUT2D eigenvalue weighted by atomic mass is 19.3. The molecule has 0 aliphatic carbocycles.